The van der Waals surface area contributed by atoms with Gasteiger partial charge in [-0.15, -0.1) is 0 Å². The second-order valence-electron chi connectivity index (χ2n) is 5.90. The fourth-order valence-corrected chi connectivity index (χ4v) is 2.37. The Bertz CT molecular complexity index is 737. The number of carbonyl (C=O) groups is 2. The van der Waals surface area contributed by atoms with Gasteiger partial charge in [-0.2, -0.15) is 0 Å². The lowest BCUT2D eigenvalue weighted by molar-refractivity contribution is -0.115. The van der Waals surface area contributed by atoms with Crippen LogP contribution in [0.3, 0.4) is 0 Å². The first kappa shape index (κ1) is 16.1. The molecule has 1 fully saturated rings. The van der Waals surface area contributed by atoms with Gasteiger partial charge in [-0.3, -0.25) is 9.59 Å². The molecule has 1 saturated carbocycles. The Balaban J connectivity index is 1.59. The van der Waals surface area contributed by atoms with Crippen LogP contribution in [-0.4, -0.2) is 25.0 Å². The summed E-state index contributed by atoms with van der Waals surface area (Å²) in [5.41, 5.74) is 2.08. The van der Waals surface area contributed by atoms with Crippen molar-refractivity contribution in [2.75, 3.05) is 12.4 Å². The average Bonchev–Trinajstić information content (AvgIpc) is 3.39. The quantitative estimate of drug-likeness (QED) is 0.858. The fourth-order valence-electron chi connectivity index (χ4n) is 2.37. The third kappa shape index (κ3) is 4.35. The van der Waals surface area contributed by atoms with Gasteiger partial charge in [-0.25, -0.2) is 0 Å². The van der Waals surface area contributed by atoms with Crippen molar-refractivity contribution in [2.45, 2.75) is 25.3 Å². The third-order valence-electron chi connectivity index (χ3n) is 3.84. The lowest BCUT2D eigenvalue weighted by atomic mass is 10.1. The Morgan fingerprint density at radius 1 is 1.12 bits per heavy atom. The number of rotatable bonds is 6. The number of hydrogen-bond donors (Lipinski definition) is 2. The van der Waals surface area contributed by atoms with Crippen LogP contribution < -0.4 is 15.4 Å². The van der Waals surface area contributed by atoms with Crippen molar-refractivity contribution in [3.63, 3.8) is 0 Å². The lowest BCUT2D eigenvalue weighted by Crippen LogP contribution is -2.25. The molecule has 1 aliphatic carbocycles. The zero-order chi connectivity index (χ0) is 16.9. The minimum atomic E-state index is -0.125. The molecule has 5 nitrogen and oxygen atoms in total. The molecule has 0 heterocycles. The molecule has 2 amide bonds. The molecule has 0 atom stereocenters. The van der Waals surface area contributed by atoms with E-state index in [1.54, 1.807) is 31.4 Å². The topological polar surface area (TPSA) is 67.4 Å². The van der Waals surface area contributed by atoms with E-state index in [2.05, 4.69) is 10.6 Å². The predicted molar refractivity (Wildman–Crippen MR) is 92.3 cm³/mol. The first-order chi connectivity index (χ1) is 11.6. The second kappa shape index (κ2) is 7.17. The van der Waals surface area contributed by atoms with Crippen molar-refractivity contribution in [3.8, 4) is 5.75 Å². The molecular weight excluding hydrogens is 304 g/mol. The number of amides is 2. The molecule has 2 N–H and O–H groups in total. The number of methoxy groups -OCH3 is 1. The van der Waals surface area contributed by atoms with E-state index in [9.17, 15) is 9.59 Å². The van der Waals surface area contributed by atoms with Gasteiger partial charge >= 0.3 is 0 Å². The first-order valence-corrected chi connectivity index (χ1v) is 7.98. The van der Waals surface area contributed by atoms with Crippen LogP contribution in [0.5, 0.6) is 5.75 Å². The summed E-state index contributed by atoms with van der Waals surface area (Å²) in [4.78, 5) is 24.2. The molecule has 3 rings (SSSR count). The highest BCUT2D eigenvalue weighted by Crippen LogP contribution is 2.20. The van der Waals surface area contributed by atoms with Crippen molar-refractivity contribution >= 4 is 17.5 Å². The normalized spacial score (nSPS) is 13.2. The van der Waals surface area contributed by atoms with Crippen LogP contribution in [0.4, 0.5) is 5.69 Å². The zero-order valence-corrected chi connectivity index (χ0v) is 13.5. The van der Waals surface area contributed by atoms with Crippen LogP contribution in [0.2, 0.25) is 0 Å². The Hall–Kier alpha value is -2.82. The van der Waals surface area contributed by atoms with E-state index in [1.807, 2.05) is 24.3 Å². The Labute approximate surface area is 141 Å². The molecule has 0 saturated heterocycles. The SMILES string of the molecule is COc1ccc(CC(=O)Nc2cccc(C(=O)NC3CC3)c2)cc1. The van der Waals surface area contributed by atoms with Crippen LogP contribution >= 0.6 is 0 Å². The van der Waals surface area contributed by atoms with Gasteiger partial charge in [0.15, 0.2) is 0 Å². The average molecular weight is 324 g/mol. The minimum absolute atomic E-state index is 0.0937. The molecule has 2 aromatic carbocycles. The summed E-state index contributed by atoms with van der Waals surface area (Å²) in [6.45, 7) is 0. The zero-order valence-electron chi connectivity index (χ0n) is 13.5. The Kier molecular flexibility index (Phi) is 4.79. The summed E-state index contributed by atoms with van der Waals surface area (Å²) in [7, 11) is 1.61. The monoisotopic (exact) mass is 324 g/mol. The highest BCUT2D eigenvalue weighted by atomic mass is 16.5. The molecule has 1 aliphatic rings. The van der Waals surface area contributed by atoms with Gasteiger partial charge in [0.25, 0.3) is 5.91 Å². The van der Waals surface area contributed by atoms with Crippen molar-refractivity contribution < 1.29 is 14.3 Å². The number of ether oxygens (including phenoxy) is 1. The van der Waals surface area contributed by atoms with Crippen LogP contribution in [0.1, 0.15) is 28.8 Å². The highest BCUT2D eigenvalue weighted by molar-refractivity contribution is 5.97. The fraction of sp³-hybridized carbons (Fsp3) is 0.263. The van der Waals surface area contributed by atoms with Gasteiger partial charge in [0.05, 0.1) is 13.5 Å². The predicted octanol–water partition coefficient (Wildman–Crippen LogP) is 2.77. The molecule has 124 valence electrons. The van der Waals surface area contributed by atoms with Gasteiger partial charge in [-0.1, -0.05) is 18.2 Å². The summed E-state index contributed by atoms with van der Waals surface area (Å²) in [6.07, 6.45) is 2.36. The van der Waals surface area contributed by atoms with Gasteiger partial charge in [0, 0.05) is 17.3 Å². The van der Waals surface area contributed by atoms with Gasteiger partial charge in [0.2, 0.25) is 5.91 Å². The minimum Gasteiger partial charge on any atom is -0.497 e. The molecule has 0 bridgehead atoms. The molecule has 0 radical (unpaired) electrons. The van der Waals surface area contributed by atoms with E-state index in [1.165, 1.54) is 0 Å². The maximum atomic E-state index is 12.2. The number of carbonyl (C=O) groups excluding carboxylic acids is 2. The number of nitrogens with one attached hydrogen (secondary N) is 2. The van der Waals surface area contributed by atoms with E-state index >= 15 is 0 Å². The van der Waals surface area contributed by atoms with Gasteiger partial charge < -0.3 is 15.4 Å². The summed E-state index contributed by atoms with van der Waals surface area (Å²) >= 11 is 0. The van der Waals surface area contributed by atoms with Crippen LogP contribution in [0, 0.1) is 0 Å². The number of hydrogen-bond acceptors (Lipinski definition) is 3. The largest absolute Gasteiger partial charge is 0.497 e. The maximum Gasteiger partial charge on any atom is 0.251 e. The molecule has 0 aliphatic heterocycles. The molecule has 0 spiro atoms. The standard InChI is InChI=1S/C19H20N2O3/c1-24-17-9-5-13(6-10-17)11-18(22)20-16-4-2-3-14(12-16)19(23)21-15-7-8-15/h2-6,9-10,12,15H,7-8,11H2,1H3,(H,20,22)(H,21,23). The number of benzene rings is 2. The third-order valence-corrected chi connectivity index (χ3v) is 3.84. The molecular formula is C19H20N2O3. The highest BCUT2D eigenvalue weighted by Gasteiger charge is 2.23. The van der Waals surface area contributed by atoms with Gasteiger partial charge in [0.1, 0.15) is 5.75 Å². The van der Waals surface area contributed by atoms with Crippen molar-refractivity contribution in [3.05, 3.63) is 59.7 Å². The Morgan fingerprint density at radius 2 is 1.88 bits per heavy atom. The van der Waals surface area contributed by atoms with Crippen LogP contribution in [0.25, 0.3) is 0 Å². The summed E-state index contributed by atoms with van der Waals surface area (Å²) < 4.78 is 5.10. The van der Waals surface area contributed by atoms with E-state index < -0.39 is 0 Å². The second-order valence-corrected chi connectivity index (χ2v) is 5.90. The van der Waals surface area contributed by atoms with Gasteiger partial charge in [-0.05, 0) is 48.7 Å². The lowest BCUT2D eigenvalue weighted by Gasteiger charge is -2.08. The summed E-state index contributed by atoms with van der Waals surface area (Å²) in [5.74, 6) is 0.539. The van der Waals surface area contributed by atoms with Crippen molar-refractivity contribution in [1.82, 2.24) is 5.32 Å². The molecule has 24 heavy (non-hydrogen) atoms. The first-order valence-electron chi connectivity index (χ1n) is 7.98. The molecule has 0 unspecified atom stereocenters. The van der Waals surface area contributed by atoms with E-state index in [4.69, 9.17) is 4.74 Å². The smallest absolute Gasteiger partial charge is 0.251 e. The van der Waals surface area contributed by atoms with E-state index in [0.717, 1.165) is 24.2 Å². The van der Waals surface area contributed by atoms with E-state index in [0.29, 0.717) is 17.3 Å². The number of anilines is 1. The summed E-state index contributed by atoms with van der Waals surface area (Å²) in [5, 5.41) is 5.77. The maximum absolute atomic E-state index is 12.2. The molecule has 2 aromatic rings. The van der Waals surface area contributed by atoms with Crippen molar-refractivity contribution in [2.24, 2.45) is 0 Å². The van der Waals surface area contributed by atoms with Crippen LogP contribution in [0.15, 0.2) is 48.5 Å². The van der Waals surface area contributed by atoms with Crippen LogP contribution in [-0.2, 0) is 11.2 Å². The van der Waals surface area contributed by atoms with E-state index in [-0.39, 0.29) is 18.2 Å². The summed E-state index contributed by atoms with van der Waals surface area (Å²) in [6, 6.07) is 14.7. The Morgan fingerprint density at radius 3 is 2.54 bits per heavy atom. The van der Waals surface area contributed by atoms with Crippen molar-refractivity contribution in [1.29, 1.82) is 0 Å². The molecule has 5 heteroatoms. The molecule has 0 aromatic heterocycles.